The van der Waals surface area contributed by atoms with Gasteiger partial charge in [-0.25, -0.2) is 9.97 Å². The second-order valence-corrected chi connectivity index (χ2v) is 23.4. The van der Waals surface area contributed by atoms with Gasteiger partial charge in [-0.2, -0.15) is 0 Å². The summed E-state index contributed by atoms with van der Waals surface area (Å²) in [5.74, 6) is 1.52. The van der Waals surface area contributed by atoms with Crippen LogP contribution in [-0.2, 0) is 5.41 Å². The van der Waals surface area contributed by atoms with Crippen LogP contribution in [0.15, 0.2) is 304 Å². The van der Waals surface area contributed by atoms with Crippen LogP contribution in [0.4, 0.5) is 34.4 Å². The molecule has 12 aromatic carbocycles. The van der Waals surface area contributed by atoms with Crippen molar-refractivity contribution < 1.29 is 0 Å². The fraction of sp³-hybridized carbons (Fsp3) is 0.0602. The molecule has 2 atom stereocenters. The van der Waals surface area contributed by atoms with E-state index in [0.717, 1.165) is 78.9 Å². The maximum Gasteiger partial charge on any atom is 0.145 e. The van der Waals surface area contributed by atoms with Crippen LogP contribution in [0.2, 0.25) is 0 Å². The smallest absolute Gasteiger partial charge is 0.145 e. The summed E-state index contributed by atoms with van der Waals surface area (Å²) < 4.78 is 0. The second-order valence-electron chi connectivity index (χ2n) is 23.4. The maximum absolute atomic E-state index is 5.60. The lowest BCUT2D eigenvalue weighted by Gasteiger charge is -2.38. The van der Waals surface area contributed by atoms with Gasteiger partial charge in [-0.15, -0.1) is 0 Å². The minimum atomic E-state index is -0.924. The molecule has 4 heteroatoms. The summed E-state index contributed by atoms with van der Waals surface area (Å²) in [4.78, 5) is 15.9. The number of hydrogen-bond acceptors (Lipinski definition) is 4. The van der Waals surface area contributed by atoms with Crippen LogP contribution in [0, 0.1) is 20.8 Å². The number of nitrogens with zero attached hydrogens (tertiary/aromatic N) is 4. The van der Waals surface area contributed by atoms with Crippen molar-refractivity contribution in [1.29, 1.82) is 0 Å². The molecule has 0 radical (unpaired) electrons. The number of para-hydroxylation sites is 2. The van der Waals surface area contributed by atoms with Crippen LogP contribution < -0.4 is 9.80 Å². The first-order valence-electron chi connectivity index (χ1n) is 30.2. The molecule has 0 saturated carbocycles. The molecule has 16 rings (SSSR count). The fourth-order valence-electron chi connectivity index (χ4n) is 14.6. The van der Waals surface area contributed by atoms with Gasteiger partial charge >= 0.3 is 0 Å². The third kappa shape index (κ3) is 8.27. The number of aromatic nitrogens is 2. The molecule has 2 aliphatic carbocycles. The van der Waals surface area contributed by atoms with E-state index in [1.54, 1.807) is 0 Å². The number of hydrogen-bond donors (Lipinski definition) is 0. The van der Waals surface area contributed by atoms with Gasteiger partial charge in [0.1, 0.15) is 11.6 Å². The monoisotopic (exact) mass is 1110 g/mol. The standard InChI is InChI=1S/C83H60N4/c1-54-42-44-61(45-43-54)83(60-32-16-7-17-33-60)73-50-64(86(62-34-18-8-19-35-62)81-70(48-55(2)52-84-81)57-26-10-4-11-27-57)46-47-69(73)77-74(87(63-36-20-9-21-37-63)82-71(49-56(3)53-85-82)58-28-12-5-13-29-58)51-72-76-67-40-24-22-38-65(67)66-39-23-25-41-68(66)78(76)75(79(72)80(77)83)59-30-14-6-15-31-59/h4-53,75H,1-3H3. The molecule has 2 heterocycles. The van der Waals surface area contributed by atoms with E-state index in [0.29, 0.717) is 0 Å². The van der Waals surface area contributed by atoms with Gasteiger partial charge in [0.15, 0.2) is 0 Å². The summed E-state index contributed by atoms with van der Waals surface area (Å²) in [7, 11) is 0. The summed E-state index contributed by atoms with van der Waals surface area (Å²) in [6.45, 7) is 6.49. The number of anilines is 6. The molecular formula is C83H60N4. The molecule has 0 bridgehead atoms. The molecule has 412 valence electrons. The van der Waals surface area contributed by atoms with E-state index < -0.39 is 5.41 Å². The van der Waals surface area contributed by atoms with Crippen molar-refractivity contribution in [2.24, 2.45) is 0 Å². The van der Waals surface area contributed by atoms with E-state index in [9.17, 15) is 0 Å². The molecule has 2 aromatic heterocycles. The molecule has 0 N–H and O–H groups in total. The Labute approximate surface area is 508 Å². The normalized spacial score (nSPS) is 14.5. The topological polar surface area (TPSA) is 32.3 Å². The predicted molar refractivity (Wildman–Crippen MR) is 362 cm³/mol. The van der Waals surface area contributed by atoms with E-state index in [1.165, 1.54) is 77.2 Å². The average Bonchev–Trinajstić information content (AvgIpc) is 1.51. The zero-order chi connectivity index (χ0) is 58.2. The van der Waals surface area contributed by atoms with Gasteiger partial charge in [0.25, 0.3) is 0 Å². The van der Waals surface area contributed by atoms with E-state index in [2.05, 4.69) is 322 Å². The first-order chi connectivity index (χ1) is 42.9. The Morgan fingerprint density at radius 3 is 1.39 bits per heavy atom. The Morgan fingerprint density at radius 2 is 0.805 bits per heavy atom. The Kier molecular flexibility index (Phi) is 12.5. The van der Waals surface area contributed by atoms with Crippen molar-refractivity contribution in [2.45, 2.75) is 32.1 Å². The van der Waals surface area contributed by atoms with Crippen LogP contribution in [0.5, 0.6) is 0 Å². The van der Waals surface area contributed by atoms with Gasteiger partial charge in [-0.3, -0.25) is 9.80 Å². The highest BCUT2D eigenvalue weighted by atomic mass is 15.2. The summed E-state index contributed by atoms with van der Waals surface area (Å²) in [5, 5.41) is 4.98. The Morgan fingerprint density at radius 1 is 0.333 bits per heavy atom. The quantitative estimate of drug-likeness (QED) is 0.121. The molecule has 0 spiro atoms. The molecule has 4 nitrogen and oxygen atoms in total. The summed E-state index contributed by atoms with van der Waals surface area (Å²) in [6.07, 6.45) is 4.04. The zero-order valence-corrected chi connectivity index (χ0v) is 48.7. The van der Waals surface area contributed by atoms with Gasteiger partial charge in [0.2, 0.25) is 0 Å². The van der Waals surface area contributed by atoms with E-state index in [1.807, 2.05) is 12.4 Å². The fourth-order valence-corrected chi connectivity index (χ4v) is 14.6. The van der Waals surface area contributed by atoms with E-state index in [4.69, 9.17) is 9.97 Å². The lowest BCUT2D eigenvalue weighted by Crippen LogP contribution is -2.31. The second kappa shape index (κ2) is 21.0. The van der Waals surface area contributed by atoms with Crippen LogP contribution in [0.1, 0.15) is 61.6 Å². The van der Waals surface area contributed by atoms with Crippen molar-refractivity contribution in [1.82, 2.24) is 9.97 Å². The highest BCUT2D eigenvalue weighted by molar-refractivity contribution is 6.19. The maximum atomic E-state index is 5.60. The van der Waals surface area contributed by atoms with Crippen LogP contribution in [0.25, 0.3) is 66.1 Å². The van der Waals surface area contributed by atoms with Crippen molar-refractivity contribution in [3.63, 3.8) is 0 Å². The molecule has 2 unspecified atom stereocenters. The van der Waals surface area contributed by atoms with Gasteiger partial charge in [-0.1, -0.05) is 242 Å². The first kappa shape index (κ1) is 51.7. The van der Waals surface area contributed by atoms with Crippen molar-refractivity contribution >= 4 is 55.9 Å². The highest BCUT2D eigenvalue weighted by Gasteiger charge is 2.53. The van der Waals surface area contributed by atoms with Gasteiger partial charge in [-0.05, 0) is 175 Å². The molecule has 0 saturated heterocycles. The van der Waals surface area contributed by atoms with E-state index in [-0.39, 0.29) is 5.92 Å². The molecule has 14 aromatic rings. The number of rotatable bonds is 11. The zero-order valence-electron chi connectivity index (χ0n) is 48.7. The number of benzene rings is 12. The van der Waals surface area contributed by atoms with Crippen molar-refractivity contribution in [3.05, 3.63) is 359 Å². The third-order valence-electron chi connectivity index (χ3n) is 18.2. The van der Waals surface area contributed by atoms with Crippen LogP contribution in [0.3, 0.4) is 0 Å². The minimum Gasteiger partial charge on any atom is -0.295 e. The predicted octanol–water partition coefficient (Wildman–Crippen LogP) is 21.5. The Hall–Kier alpha value is -10.9. The summed E-state index contributed by atoms with van der Waals surface area (Å²) >= 11 is 0. The van der Waals surface area contributed by atoms with E-state index >= 15 is 0 Å². The highest BCUT2D eigenvalue weighted by Crippen LogP contribution is 2.68. The SMILES string of the molecule is Cc1ccc(C2(c3ccccc3)c3cc(N(c4ccccc4)c4ncc(C)cc4-c4ccccc4)ccc3-c3c(N(c4ccccc4)c4ncc(C)cc4-c4ccccc4)cc4c(c32)C(c2ccccc2)c2c-4c3ccccc3c3ccccc23)cc1. The number of pyridine rings is 2. The van der Waals surface area contributed by atoms with Crippen molar-refractivity contribution in [3.8, 4) is 44.5 Å². The molecule has 0 fully saturated rings. The van der Waals surface area contributed by atoms with Gasteiger partial charge < -0.3 is 0 Å². The van der Waals surface area contributed by atoms with Gasteiger partial charge in [0, 0.05) is 52.1 Å². The molecule has 2 aliphatic rings. The van der Waals surface area contributed by atoms with Crippen LogP contribution >= 0.6 is 0 Å². The minimum absolute atomic E-state index is 0.176. The summed E-state index contributed by atoms with van der Waals surface area (Å²) in [6, 6.07) is 108. The molecule has 0 amide bonds. The number of aryl methyl sites for hydroxylation is 3. The number of fused-ring (bicyclic) bond motifs is 12. The first-order valence-corrected chi connectivity index (χ1v) is 30.2. The Balaban J connectivity index is 1.13. The molecule has 0 aliphatic heterocycles. The molecule has 87 heavy (non-hydrogen) atoms. The van der Waals surface area contributed by atoms with Gasteiger partial charge in [0.05, 0.1) is 11.1 Å². The third-order valence-corrected chi connectivity index (χ3v) is 18.2. The molecular weight excluding hydrogens is 1050 g/mol. The lowest BCUT2D eigenvalue weighted by molar-refractivity contribution is 0.752. The van der Waals surface area contributed by atoms with Crippen molar-refractivity contribution in [2.75, 3.05) is 9.80 Å². The Bertz CT molecular complexity index is 4930. The summed E-state index contributed by atoms with van der Waals surface area (Å²) in [5.41, 5.74) is 24.3. The largest absolute Gasteiger partial charge is 0.295 e. The lowest BCUT2D eigenvalue weighted by atomic mass is 9.65. The van der Waals surface area contributed by atoms with Crippen LogP contribution in [-0.4, -0.2) is 9.97 Å². The average molecular weight is 1110 g/mol.